The summed E-state index contributed by atoms with van der Waals surface area (Å²) in [5.74, 6) is 3.10. The van der Waals surface area contributed by atoms with E-state index in [-0.39, 0.29) is 23.5 Å². The molecule has 3 nitrogen and oxygen atoms in total. The quantitative estimate of drug-likeness (QED) is 0.377. The van der Waals surface area contributed by atoms with Crippen molar-refractivity contribution in [3.8, 4) is 0 Å². The van der Waals surface area contributed by atoms with Crippen molar-refractivity contribution in [1.29, 1.82) is 0 Å². The van der Waals surface area contributed by atoms with Crippen molar-refractivity contribution in [2.24, 2.45) is 17.8 Å². The minimum Gasteiger partial charge on any atom is -0.392 e. The molecule has 0 spiro atoms. The van der Waals surface area contributed by atoms with E-state index in [1.54, 1.807) is 11.8 Å². The minimum atomic E-state index is -0.210. The first-order valence-electron chi connectivity index (χ1n) is 12.1. The molecule has 3 rings (SSSR count). The molecule has 4 atom stereocenters. The van der Waals surface area contributed by atoms with Crippen LogP contribution in [0.25, 0.3) is 0 Å². The molecule has 0 saturated heterocycles. The topological polar surface area (TPSA) is 40.5 Å². The third-order valence-electron chi connectivity index (χ3n) is 7.16. The molecular formula is C28H41NO2S. The summed E-state index contributed by atoms with van der Waals surface area (Å²) in [6.45, 7) is 8.35. The van der Waals surface area contributed by atoms with Gasteiger partial charge in [-0.25, -0.2) is 0 Å². The number of benzene rings is 1. The lowest BCUT2D eigenvalue weighted by Crippen LogP contribution is -2.43. The third-order valence-corrected chi connectivity index (χ3v) is 8.11. The molecule has 0 aliphatic heterocycles. The number of hydrogen-bond acceptors (Lipinski definition) is 3. The Morgan fingerprint density at radius 2 is 2.06 bits per heavy atom. The molecule has 1 amide bonds. The molecule has 0 heterocycles. The van der Waals surface area contributed by atoms with Crippen LogP contribution >= 0.6 is 11.8 Å². The first-order chi connectivity index (χ1) is 15.1. The number of carbonyl (C=O) groups excluding carboxylic acids is 1. The highest BCUT2D eigenvalue weighted by atomic mass is 32.2. The molecular weight excluding hydrogens is 414 g/mol. The largest absolute Gasteiger partial charge is 0.392 e. The highest BCUT2D eigenvalue weighted by molar-refractivity contribution is 7.99. The number of amides is 1. The number of aryl methyl sites for hydroxylation is 2. The van der Waals surface area contributed by atoms with Crippen molar-refractivity contribution in [2.45, 2.75) is 71.4 Å². The van der Waals surface area contributed by atoms with Gasteiger partial charge in [0, 0.05) is 18.5 Å². The van der Waals surface area contributed by atoms with E-state index in [1.807, 2.05) is 11.9 Å². The van der Waals surface area contributed by atoms with Crippen molar-refractivity contribution in [1.82, 2.24) is 4.90 Å². The van der Waals surface area contributed by atoms with Gasteiger partial charge in [0.25, 0.3) is 0 Å². The molecule has 2 aliphatic carbocycles. The van der Waals surface area contributed by atoms with Crippen LogP contribution < -0.4 is 0 Å². The van der Waals surface area contributed by atoms with Gasteiger partial charge >= 0.3 is 0 Å². The minimum absolute atomic E-state index is 0.119. The normalized spacial score (nSPS) is 25.2. The fourth-order valence-corrected chi connectivity index (χ4v) is 5.91. The van der Waals surface area contributed by atoms with Crippen LogP contribution in [0.5, 0.6) is 0 Å². The van der Waals surface area contributed by atoms with Gasteiger partial charge in [0.1, 0.15) is 0 Å². The van der Waals surface area contributed by atoms with Crippen molar-refractivity contribution in [3.05, 3.63) is 59.2 Å². The Morgan fingerprint density at radius 3 is 2.78 bits per heavy atom. The number of thioether (sulfide) groups is 1. The fourth-order valence-electron chi connectivity index (χ4n) is 5.00. The van der Waals surface area contributed by atoms with Gasteiger partial charge in [0.2, 0.25) is 5.91 Å². The number of fused-ring (bicyclic) bond motifs is 1. The number of nitrogens with zero attached hydrogens (tertiary/aromatic N) is 1. The summed E-state index contributed by atoms with van der Waals surface area (Å²) in [5, 5.41) is 10.6. The van der Waals surface area contributed by atoms with Crippen LogP contribution in [-0.4, -0.2) is 46.1 Å². The van der Waals surface area contributed by atoms with E-state index in [4.69, 9.17) is 0 Å². The molecule has 0 unspecified atom stereocenters. The van der Waals surface area contributed by atoms with E-state index < -0.39 is 0 Å². The zero-order valence-electron chi connectivity index (χ0n) is 20.5. The Bertz CT molecular complexity index is 838. The van der Waals surface area contributed by atoms with Crippen molar-refractivity contribution < 1.29 is 9.90 Å². The van der Waals surface area contributed by atoms with Gasteiger partial charge < -0.3 is 10.0 Å². The van der Waals surface area contributed by atoms with Crippen LogP contribution in [0.3, 0.4) is 0 Å². The van der Waals surface area contributed by atoms with Crippen LogP contribution in [0, 0.1) is 24.7 Å². The molecule has 4 heteroatoms. The van der Waals surface area contributed by atoms with E-state index in [9.17, 15) is 9.90 Å². The lowest BCUT2D eigenvalue weighted by Gasteiger charge is -2.32. The molecule has 176 valence electrons. The van der Waals surface area contributed by atoms with Crippen LogP contribution in [0.2, 0.25) is 0 Å². The number of allylic oxidation sites excluding steroid dienone is 3. The predicted octanol–water partition coefficient (Wildman–Crippen LogP) is 5.81. The number of aliphatic hydroxyl groups is 1. The number of aliphatic hydroxyl groups excluding tert-OH is 1. The average Bonchev–Trinajstić information content (AvgIpc) is 3.24. The number of hydrogen-bond donors (Lipinski definition) is 1. The standard InChI is InChI=1S/C28H41NO2S/c1-20-9-8-11-21(15-20)10-6-7-12-24-25-17-22(16-23(25)18-26(24)30)13-14-32-19-27(31)29(5)28(2,3)4/h7-9,11-12,15-16,23-26,30H,6,10,13-14,17-19H2,1-5H3/t23-,24+,25-,26+/m0/s1. The first-order valence-corrected chi connectivity index (χ1v) is 13.2. The Hall–Kier alpha value is -1.52. The second kappa shape index (κ2) is 11.1. The van der Waals surface area contributed by atoms with E-state index >= 15 is 0 Å². The summed E-state index contributed by atoms with van der Waals surface area (Å²) in [6, 6.07) is 8.72. The van der Waals surface area contributed by atoms with E-state index in [2.05, 4.69) is 70.2 Å². The monoisotopic (exact) mass is 455 g/mol. The maximum atomic E-state index is 12.3. The fraction of sp³-hybridized carbons (Fsp3) is 0.607. The van der Waals surface area contributed by atoms with Gasteiger partial charge in [0.05, 0.1) is 11.9 Å². The summed E-state index contributed by atoms with van der Waals surface area (Å²) >= 11 is 1.74. The SMILES string of the molecule is Cc1cccc(CCC=C[C@@H]2[C@H]3CC(CCSCC(=O)N(C)C(C)(C)C)=C[C@H]3C[C@H]2O)c1. The van der Waals surface area contributed by atoms with E-state index in [0.717, 1.165) is 37.9 Å². The summed E-state index contributed by atoms with van der Waals surface area (Å²) in [5.41, 5.74) is 4.10. The molecule has 1 aromatic rings. The number of rotatable bonds is 9. The van der Waals surface area contributed by atoms with Gasteiger partial charge in [-0.3, -0.25) is 4.79 Å². The first kappa shape index (κ1) is 25.1. The highest BCUT2D eigenvalue weighted by Gasteiger charge is 2.43. The van der Waals surface area contributed by atoms with Gasteiger partial charge in [-0.2, -0.15) is 11.8 Å². The zero-order valence-corrected chi connectivity index (χ0v) is 21.3. The summed E-state index contributed by atoms with van der Waals surface area (Å²) in [7, 11) is 1.89. The van der Waals surface area contributed by atoms with Gasteiger partial charge in [-0.1, -0.05) is 53.6 Å². The summed E-state index contributed by atoms with van der Waals surface area (Å²) in [4.78, 5) is 14.2. The van der Waals surface area contributed by atoms with Gasteiger partial charge in [-0.05, 0) is 83.0 Å². The molecule has 0 radical (unpaired) electrons. The predicted molar refractivity (Wildman–Crippen MR) is 137 cm³/mol. The third kappa shape index (κ3) is 6.74. The maximum absolute atomic E-state index is 12.3. The summed E-state index contributed by atoms with van der Waals surface area (Å²) in [6.07, 6.45) is 11.9. The van der Waals surface area contributed by atoms with Crippen molar-refractivity contribution in [3.63, 3.8) is 0 Å². The van der Waals surface area contributed by atoms with E-state index in [1.165, 1.54) is 16.7 Å². The van der Waals surface area contributed by atoms with Gasteiger partial charge in [-0.15, -0.1) is 0 Å². The molecule has 1 saturated carbocycles. The smallest absolute Gasteiger partial charge is 0.232 e. The number of carbonyl (C=O) groups is 1. The Kier molecular flexibility index (Phi) is 8.68. The summed E-state index contributed by atoms with van der Waals surface area (Å²) < 4.78 is 0. The molecule has 1 fully saturated rings. The molecule has 1 N–H and O–H groups in total. The Morgan fingerprint density at radius 1 is 1.28 bits per heavy atom. The molecule has 0 aromatic heterocycles. The lowest BCUT2D eigenvalue weighted by molar-refractivity contribution is -0.131. The van der Waals surface area contributed by atoms with E-state index in [0.29, 0.717) is 17.6 Å². The van der Waals surface area contributed by atoms with Crippen molar-refractivity contribution >= 4 is 17.7 Å². The van der Waals surface area contributed by atoms with Crippen LogP contribution in [0.1, 0.15) is 57.6 Å². The Balaban J connectivity index is 1.41. The second-order valence-corrected chi connectivity index (χ2v) is 11.7. The molecule has 0 bridgehead atoms. The second-order valence-electron chi connectivity index (χ2n) is 10.6. The molecule has 2 aliphatic rings. The molecule has 32 heavy (non-hydrogen) atoms. The Labute approximate surface area is 199 Å². The molecule has 1 aromatic carbocycles. The van der Waals surface area contributed by atoms with Crippen LogP contribution in [-0.2, 0) is 11.2 Å². The van der Waals surface area contributed by atoms with Crippen LogP contribution in [0.15, 0.2) is 48.1 Å². The zero-order chi connectivity index (χ0) is 23.3. The van der Waals surface area contributed by atoms with Crippen LogP contribution in [0.4, 0.5) is 0 Å². The average molecular weight is 456 g/mol. The van der Waals surface area contributed by atoms with Gasteiger partial charge in [0.15, 0.2) is 0 Å². The lowest BCUT2D eigenvalue weighted by atomic mass is 9.89. The van der Waals surface area contributed by atoms with Crippen molar-refractivity contribution in [2.75, 3.05) is 18.6 Å². The maximum Gasteiger partial charge on any atom is 0.232 e. The highest BCUT2D eigenvalue weighted by Crippen LogP contribution is 2.48.